The summed E-state index contributed by atoms with van der Waals surface area (Å²) < 4.78 is 22.7. The number of halogens is 1. The second kappa shape index (κ2) is 10.8. The van der Waals surface area contributed by atoms with Crippen LogP contribution in [0.2, 0.25) is 0 Å². The maximum atomic E-state index is 13.4. The molecule has 6 rings (SSSR count). The van der Waals surface area contributed by atoms with Crippen LogP contribution >= 0.6 is 0 Å². The molecule has 0 radical (unpaired) electrons. The van der Waals surface area contributed by atoms with Crippen LogP contribution in [0, 0.1) is 5.82 Å². The summed E-state index contributed by atoms with van der Waals surface area (Å²) in [5.74, 6) is 0.463. The molecule has 5 aromatic rings. The van der Waals surface area contributed by atoms with Gasteiger partial charge < -0.3 is 15.4 Å². The lowest BCUT2D eigenvalue weighted by molar-refractivity contribution is -0.113. The van der Waals surface area contributed by atoms with E-state index in [1.165, 1.54) is 30.6 Å². The first-order chi connectivity index (χ1) is 19.5. The highest BCUT2D eigenvalue weighted by molar-refractivity contribution is 6.06. The Bertz CT molecular complexity index is 1660. The molecule has 2 aromatic heterocycles. The van der Waals surface area contributed by atoms with Gasteiger partial charge in [0.05, 0.1) is 18.3 Å². The van der Waals surface area contributed by atoms with Gasteiger partial charge in [0.1, 0.15) is 36.2 Å². The number of fused-ring (bicyclic) bond motifs is 1. The fourth-order valence-corrected chi connectivity index (χ4v) is 4.58. The standard InChI is InChI=1S/C29H25FN8O2/c1-19-26(28(39)34-23-11-9-22(30)10-12-23)27(38-29(33-19)31-18-32-38)21-7-13-25(14-8-21)40-17-24-16-37(36-35-24)15-20-5-3-2-4-6-20/h2-14,16,18,27H,15,17H2,1H3,(H,34,39)(H,31,32,33). The molecule has 1 amide bonds. The molecule has 1 aliphatic rings. The molecule has 0 bridgehead atoms. The molecule has 3 heterocycles. The van der Waals surface area contributed by atoms with Crippen molar-refractivity contribution in [3.63, 3.8) is 0 Å². The van der Waals surface area contributed by atoms with Crippen LogP contribution in [0.1, 0.15) is 29.8 Å². The summed E-state index contributed by atoms with van der Waals surface area (Å²) in [6.07, 6.45) is 3.30. The van der Waals surface area contributed by atoms with Gasteiger partial charge in [-0.05, 0) is 54.4 Å². The van der Waals surface area contributed by atoms with Crippen LogP contribution in [-0.2, 0) is 17.9 Å². The topological polar surface area (TPSA) is 112 Å². The third-order valence-electron chi connectivity index (χ3n) is 6.50. The van der Waals surface area contributed by atoms with Crippen molar-refractivity contribution in [1.82, 2.24) is 29.8 Å². The summed E-state index contributed by atoms with van der Waals surface area (Å²) in [7, 11) is 0. The second-order valence-corrected chi connectivity index (χ2v) is 9.31. The molecule has 3 aromatic carbocycles. The molecule has 10 nitrogen and oxygen atoms in total. The van der Waals surface area contributed by atoms with E-state index in [2.05, 4.69) is 31.0 Å². The van der Waals surface area contributed by atoms with Gasteiger partial charge in [0.15, 0.2) is 0 Å². The van der Waals surface area contributed by atoms with Crippen molar-refractivity contribution in [1.29, 1.82) is 0 Å². The fourth-order valence-electron chi connectivity index (χ4n) is 4.58. The van der Waals surface area contributed by atoms with E-state index in [9.17, 15) is 9.18 Å². The number of nitrogens with zero attached hydrogens (tertiary/aromatic N) is 6. The van der Waals surface area contributed by atoms with E-state index in [4.69, 9.17) is 4.74 Å². The molecule has 0 fully saturated rings. The summed E-state index contributed by atoms with van der Waals surface area (Å²) in [6.45, 7) is 2.71. The molecule has 1 atom stereocenters. The number of ether oxygens (including phenoxy) is 1. The monoisotopic (exact) mass is 536 g/mol. The van der Waals surface area contributed by atoms with Gasteiger partial charge in [-0.15, -0.1) is 5.10 Å². The van der Waals surface area contributed by atoms with Gasteiger partial charge in [-0.1, -0.05) is 47.7 Å². The van der Waals surface area contributed by atoms with Gasteiger partial charge in [-0.25, -0.2) is 13.8 Å². The Morgan fingerprint density at radius 1 is 1.05 bits per heavy atom. The Kier molecular flexibility index (Phi) is 6.75. The largest absolute Gasteiger partial charge is 0.487 e. The lowest BCUT2D eigenvalue weighted by atomic mass is 9.95. The van der Waals surface area contributed by atoms with Gasteiger partial charge in [0, 0.05) is 11.4 Å². The molecule has 0 saturated heterocycles. The van der Waals surface area contributed by atoms with Crippen LogP contribution in [0.15, 0.2) is 103 Å². The van der Waals surface area contributed by atoms with Gasteiger partial charge in [0.25, 0.3) is 5.91 Å². The second-order valence-electron chi connectivity index (χ2n) is 9.31. The summed E-state index contributed by atoms with van der Waals surface area (Å²) in [5.41, 5.74) is 4.26. The van der Waals surface area contributed by atoms with Crippen LogP contribution in [0.5, 0.6) is 5.75 Å². The average molecular weight is 537 g/mol. The smallest absolute Gasteiger partial charge is 0.255 e. The molecule has 0 saturated carbocycles. The number of aromatic nitrogens is 6. The van der Waals surface area contributed by atoms with Crippen LogP contribution in [0.3, 0.4) is 0 Å². The summed E-state index contributed by atoms with van der Waals surface area (Å²) in [6, 6.07) is 22.6. The van der Waals surface area contributed by atoms with Crippen LogP contribution < -0.4 is 15.4 Å². The molecule has 0 aliphatic carbocycles. The molecule has 2 N–H and O–H groups in total. The summed E-state index contributed by atoms with van der Waals surface area (Å²) in [5, 5.41) is 18.7. The van der Waals surface area contributed by atoms with Crippen molar-refractivity contribution in [2.75, 3.05) is 10.6 Å². The third kappa shape index (κ3) is 5.30. The van der Waals surface area contributed by atoms with Gasteiger partial charge in [-0.2, -0.15) is 10.1 Å². The van der Waals surface area contributed by atoms with Crippen molar-refractivity contribution in [3.8, 4) is 5.75 Å². The van der Waals surface area contributed by atoms with Gasteiger partial charge in [-0.3, -0.25) is 4.79 Å². The minimum Gasteiger partial charge on any atom is -0.487 e. The zero-order chi connectivity index (χ0) is 27.5. The lowest BCUT2D eigenvalue weighted by Crippen LogP contribution is -2.31. The zero-order valence-corrected chi connectivity index (χ0v) is 21.5. The Hall–Kier alpha value is -5.32. The molecule has 1 unspecified atom stereocenters. The lowest BCUT2D eigenvalue weighted by Gasteiger charge is -2.28. The molecule has 1 aliphatic heterocycles. The third-order valence-corrected chi connectivity index (χ3v) is 6.50. The van der Waals surface area contributed by atoms with Crippen LogP contribution in [0.4, 0.5) is 16.0 Å². The number of hydrogen-bond donors (Lipinski definition) is 2. The average Bonchev–Trinajstić information content (AvgIpc) is 3.62. The molecular formula is C29H25FN8O2. The first-order valence-corrected chi connectivity index (χ1v) is 12.6. The van der Waals surface area contributed by atoms with Crippen molar-refractivity contribution in [3.05, 3.63) is 125 Å². The maximum Gasteiger partial charge on any atom is 0.255 e. The number of carbonyl (C=O) groups excluding carboxylic acids is 1. The minimum atomic E-state index is -0.536. The maximum absolute atomic E-state index is 13.4. The van der Waals surface area contributed by atoms with Crippen molar-refractivity contribution >= 4 is 17.5 Å². The Balaban J connectivity index is 1.18. The number of carbonyl (C=O) groups is 1. The summed E-state index contributed by atoms with van der Waals surface area (Å²) in [4.78, 5) is 17.7. The molecular weight excluding hydrogens is 511 g/mol. The van der Waals surface area contributed by atoms with Crippen molar-refractivity contribution < 1.29 is 13.9 Å². The van der Waals surface area contributed by atoms with E-state index in [-0.39, 0.29) is 18.3 Å². The van der Waals surface area contributed by atoms with E-state index in [1.807, 2.05) is 67.7 Å². The summed E-state index contributed by atoms with van der Waals surface area (Å²) >= 11 is 0. The molecule has 11 heteroatoms. The SMILES string of the molecule is CC1=C(C(=O)Nc2ccc(F)cc2)C(c2ccc(OCc3cn(Cc4ccccc4)nn3)cc2)n2ncnc2N1. The van der Waals surface area contributed by atoms with E-state index in [0.29, 0.717) is 40.9 Å². The number of rotatable bonds is 8. The number of benzene rings is 3. The first kappa shape index (κ1) is 25.0. The van der Waals surface area contributed by atoms with Gasteiger partial charge >= 0.3 is 0 Å². The fraction of sp³-hybridized carbons (Fsp3) is 0.138. The Morgan fingerprint density at radius 3 is 2.60 bits per heavy atom. The number of nitrogens with one attached hydrogen (secondary N) is 2. The van der Waals surface area contributed by atoms with Gasteiger partial charge in [0.2, 0.25) is 5.95 Å². The molecule has 200 valence electrons. The number of anilines is 2. The predicted octanol–water partition coefficient (Wildman–Crippen LogP) is 4.56. The number of allylic oxidation sites excluding steroid dienone is 1. The first-order valence-electron chi connectivity index (χ1n) is 12.6. The number of amides is 1. The van der Waals surface area contributed by atoms with E-state index in [1.54, 1.807) is 9.36 Å². The zero-order valence-electron chi connectivity index (χ0n) is 21.5. The normalized spacial score (nSPS) is 14.4. The highest BCUT2D eigenvalue weighted by atomic mass is 19.1. The molecule has 40 heavy (non-hydrogen) atoms. The van der Waals surface area contributed by atoms with Crippen LogP contribution in [-0.4, -0.2) is 35.7 Å². The number of hydrogen-bond acceptors (Lipinski definition) is 7. The molecule has 0 spiro atoms. The van der Waals surface area contributed by atoms with E-state index >= 15 is 0 Å². The van der Waals surface area contributed by atoms with E-state index in [0.717, 1.165) is 11.1 Å². The van der Waals surface area contributed by atoms with Crippen molar-refractivity contribution in [2.24, 2.45) is 0 Å². The highest BCUT2D eigenvalue weighted by Crippen LogP contribution is 2.35. The Labute approximate surface area is 229 Å². The van der Waals surface area contributed by atoms with Crippen molar-refractivity contribution in [2.45, 2.75) is 26.1 Å². The minimum absolute atomic E-state index is 0.263. The predicted molar refractivity (Wildman–Crippen MR) is 146 cm³/mol. The van der Waals surface area contributed by atoms with Crippen LogP contribution in [0.25, 0.3) is 0 Å². The highest BCUT2D eigenvalue weighted by Gasteiger charge is 2.33. The van der Waals surface area contributed by atoms with E-state index < -0.39 is 6.04 Å². The quantitative estimate of drug-likeness (QED) is 0.299. The Morgan fingerprint density at radius 2 is 1.82 bits per heavy atom.